The van der Waals surface area contributed by atoms with Crippen LogP contribution in [0.4, 0.5) is 0 Å². The summed E-state index contributed by atoms with van der Waals surface area (Å²) in [4.78, 5) is 2.00. The first-order valence-corrected chi connectivity index (χ1v) is 1.34. The molecule has 0 aliphatic heterocycles. The zero-order valence-corrected chi connectivity index (χ0v) is 7.83. The summed E-state index contributed by atoms with van der Waals surface area (Å²) in [5.41, 5.74) is 0. The fourth-order valence-electron chi connectivity index (χ4n) is 0. The van der Waals surface area contributed by atoms with Gasteiger partial charge in [-0.1, -0.05) is 0 Å². The van der Waals surface area contributed by atoms with Crippen molar-refractivity contribution in [3.8, 4) is 0 Å². The Hall–Kier alpha value is 0.882. The molecule has 0 aliphatic carbocycles. The molecule has 0 aromatic carbocycles. The quantitative estimate of drug-likeness (QED) is 0.549. The predicted octanol–water partition coefficient (Wildman–Crippen LogP) is -0.203. The maximum atomic E-state index is 2.00. The molecule has 28 valence electrons. The Bertz CT molecular complexity index is 11.6. The third-order valence-electron chi connectivity index (χ3n) is 0. The molecule has 0 unspecified atom stereocenters. The molecule has 5 heavy (non-hydrogen) atoms. The van der Waals surface area contributed by atoms with Crippen LogP contribution in [-0.2, 0) is 0 Å². The second-order valence-electron chi connectivity index (χ2n) is 1.34. The summed E-state index contributed by atoms with van der Waals surface area (Å²) in [5, 5.41) is 0. The molecule has 0 aromatic rings. The van der Waals surface area contributed by atoms with Crippen LogP contribution in [0.3, 0.4) is 0 Å². The van der Waals surface area contributed by atoms with Gasteiger partial charge < -0.3 is 4.90 Å². The van der Waals surface area contributed by atoms with Crippen molar-refractivity contribution in [3.05, 3.63) is 0 Å². The molecule has 2 heteroatoms. The molecule has 0 aliphatic rings. The van der Waals surface area contributed by atoms with Crippen molar-refractivity contribution in [2.45, 2.75) is 0 Å². The van der Waals surface area contributed by atoms with Crippen molar-refractivity contribution in [2.75, 3.05) is 21.1 Å². The van der Waals surface area contributed by atoms with Crippen molar-refractivity contribution >= 4 is 27.3 Å². The van der Waals surface area contributed by atoms with Gasteiger partial charge in [0.15, 0.2) is 0 Å². The molecule has 0 atom stereocenters. The van der Waals surface area contributed by atoms with E-state index in [-0.39, 0.29) is 27.3 Å². The van der Waals surface area contributed by atoms with Crippen LogP contribution in [0.1, 0.15) is 0 Å². The van der Waals surface area contributed by atoms with E-state index in [0.29, 0.717) is 0 Å². The Morgan fingerprint density at radius 1 is 1.00 bits per heavy atom. The smallest absolute Gasteiger partial charge is 0.312 e. The summed E-state index contributed by atoms with van der Waals surface area (Å²) in [5.74, 6) is 0. The summed E-state index contributed by atoms with van der Waals surface area (Å²) in [6, 6.07) is 0. The van der Waals surface area contributed by atoms with Crippen LogP contribution in [-0.4, -0.2) is 53.3 Å². The molecule has 1 nitrogen and oxygen atoms in total. The van der Waals surface area contributed by atoms with Crippen LogP contribution < -0.4 is 0 Å². The minimum Gasteiger partial charge on any atom is -0.312 e. The topological polar surface area (TPSA) is 3.24 Å². The average molecular weight is 266 g/mol. The molecule has 0 fully saturated rings. The second kappa shape index (κ2) is 4.88. The number of hydrogen-bond acceptors (Lipinski definition) is 1. The number of nitrogens with zero attached hydrogens (tertiary/aromatic N) is 1. The maximum Gasteiger partial charge on any atom is 2.00 e. The predicted molar refractivity (Wildman–Crippen MR) is 25.4 cm³/mol. The molecule has 2 radical (unpaired) electrons. The Morgan fingerprint density at radius 2 is 1.00 bits per heavy atom. The van der Waals surface area contributed by atoms with Crippen molar-refractivity contribution < 1.29 is 0 Å². The van der Waals surface area contributed by atoms with Crippen LogP contribution in [0, 0.1) is 0 Å². The van der Waals surface area contributed by atoms with E-state index in [1.54, 1.807) is 0 Å². The van der Waals surface area contributed by atoms with Crippen molar-refractivity contribution in [3.63, 3.8) is 0 Å². The Labute approximate surface area is 53.5 Å². The molecule has 0 spiro atoms. The van der Waals surface area contributed by atoms with E-state index < -0.39 is 0 Å². The monoisotopic (exact) mass is 267 g/mol. The van der Waals surface area contributed by atoms with Gasteiger partial charge in [-0.15, -0.1) is 0 Å². The van der Waals surface area contributed by atoms with Crippen LogP contribution in [0.15, 0.2) is 0 Å². The summed E-state index contributed by atoms with van der Waals surface area (Å²) in [7, 11) is 6.00. The van der Waals surface area contributed by atoms with Gasteiger partial charge in [0.05, 0.1) is 0 Å². The zero-order valence-electron chi connectivity index (χ0n) is 3.95. The minimum atomic E-state index is 0. The van der Waals surface area contributed by atoms with Gasteiger partial charge in [0.25, 0.3) is 0 Å². The average Bonchev–Trinajstić information content (AvgIpc) is 0.811. The van der Waals surface area contributed by atoms with Crippen LogP contribution >= 0.6 is 0 Å². The summed E-state index contributed by atoms with van der Waals surface area (Å²) >= 11 is 0. The SMILES string of the molecule is CN(C)C.[Pb+2]. The fourth-order valence-corrected chi connectivity index (χ4v) is 0. The van der Waals surface area contributed by atoms with Gasteiger partial charge in [-0.05, 0) is 21.1 Å². The third-order valence-corrected chi connectivity index (χ3v) is 0. The van der Waals surface area contributed by atoms with E-state index >= 15 is 0 Å². The molecule has 0 aromatic heterocycles. The van der Waals surface area contributed by atoms with Crippen molar-refractivity contribution in [1.29, 1.82) is 0 Å². The van der Waals surface area contributed by atoms with Crippen molar-refractivity contribution in [2.24, 2.45) is 0 Å². The number of hydrogen-bond donors (Lipinski definition) is 0. The molecule has 0 N–H and O–H groups in total. The van der Waals surface area contributed by atoms with Gasteiger partial charge in [-0.2, -0.15) is 0 Å². The van der Waals surface area contributed by atoms with Gasteiger partial charge >= 0.3 is 27.3 Å². The van der Waals surface area contributed by atoms with Crippen LogP contribution in [0.2, 0.25) is 0 Å². The molecule has 0 heterocycles. The van der Waals surface area contributed by atoms with Gasteiger partial charge in [0, 0.05) is 0 Å². The maximum absolute atomic E-state index is 2.00. The Balaban J connectivity index is 0. The van der Waals surface area contributed by atoms with E-state index in [9.17, 15) is 0 Å². The van der Waals surface area contributed by atoms with Gasteiger partial charge in [0.1, 0.15) is 0 Å². The molecule has 0 saturated carbocycles. The third kappa shape index (κ3) is 52.1. The summed E-state index contributed by atoms with van der Waals surface area (Å²) < 4.78 is 0. The summed E-state index contributed by atoms with van der Waals surface area (Å²) in [6.07, 6.45) is 0. The van der Waals surface area contributed by atoms with Gasteiger partial charge in [-0.25, -0.2) is 0 Å². The van der Waals surface area contributed by atoms with Crippen LogP contribution in [0.5, 0.6) is 0 Å². The first-order chi connectivity index (χ1) is 1.73. The van der Waals surface area contributed by atoms with E-state index in [0.717, 1.165) is 0 Å². The van der Waals surface area contributed by atoms with E-state index in [2.05, 4.69) is 0 Å². The van der Waals surface area contributed by atoms with E-state index in [1.807, 2.05) is 26.0 Å². The minimum absolute atomic E-state index is 0. The first kappa shape index (κ1) is 9.30. The summed E-state index contributed by atoms with van der Waals surface area (Å²) in [6.45, 7) is 0. The van der Waals surface area contributed by atoms with Gasteiger partial charge in [-0.3, -0.25) is 0 Å². The normalized spacial score (nSPS) is 7.20. The van der Waals surface area contributed by atoms with E-state index in [4.69, 9.17) is 0 Å². The number of rotatable bonds is 0. The van der Waals surface area contributed by atoms with Gasteiger partial charge in [0.2, 0.25) is 0 Å². The fraction of sp³-hybridized carbons (Fsp3) is 1.00. The van der Waals surface area contributed by atoms with E-state index in [1.165, 1.54) is 0 Å². The largest absolute Gasteiger partial charge is 2.00 e. The zero-order chi connectivity index (χ0) is 3.58. The Morgan fingerprint density at radius 3 is 1.00 bits per heavy atom. The molecule has 0 amide bonds. The molecular weight excluding hydrogens is 257 g/mol. The standard InChI is InChI=1S/C3H9N.Pb/c1-4(2)3;/h1-3H3;/q;+2. The van der Waals surface area contributed by atoms with Crippen LogP contribution in [0.25, 0.3) is 0 Å². The first-order valence-electron chi connectivity index (χ1n) is 1.34. The van der Waals surface area contributed by atoms with Crippen molar-refractivity contribution in [1.82, 2.24) is 4.90 Å². The molecular formula is C3H9NPb+2. The second-order valence-corrected chi connectivity index (χ2v) is 1.34. The molecule has 0 rings (SSSR count). The molecule has 0 saturated heterocycles. The Kier molecular flexibility index (Phi) is 9.08. The molecule has 0 bridgehead atoms.